The molecule has 0 saturated carbocycles. The summed E-state index contributed by atoms with van der Waals surface area (Å²) in [5.74, 6) is 0.900. The zero-order valence-electron chi connectivity index (χ0n) is 12.6. The zero-order valence-corrected chi connectivity index (χ0v) is 13.4. The smallest absolute Gasteiger partial charge is 0.258 e. The fourth-order valence-electron chi connectivity index (χ4n) is 1.75. The van der Waals surface area contributed by atoms with Gasteiger partial charge in [0.15, 0.2) is 0 Å². The predicted molar refractivity (Wildman–Crippen MR) is 89.4 cm³/mol. The molecule has 0 aliphatic heterocycles. The molecule has 22 heavy (non-hydrogen) atoms. The van der Waals surface area contributed by atoms with Crippen LogP contribution in [0.2, 0.25) is 5.02 Å². The van der Waals surface area contributed by atoms with E-state index in [1.807, 2.05) is 0 Å². The molecule has 2 rings (SSSR count). The van der Waals surface area contributed by atoms with E-state index in [-0.39, 0.29) is 5.91 Å². The lowest BCUT2D eigenvalue weighted by Crippen LogP contribution is -2.14. The van der Waals surface area contributed by atoms with Crippen molar-refractivity contribution in [2.75, 3.05) is 17.2 Å². The van der Waals surface area contributed by atoms with Crippen molar-refractivity contribution in [1.82, 2.24) is 9.97 Å². The van der Waals surface area contributed by atoms with E-state index in [2.05, 4.69) is 34.4 Å². The fourth-order valence-corrected chi connectivity index (χ4v) is 1.87. The lowest BCUT2D eigenvalue weighted by Gasteiger charge is -2.08. The van der Waals surface area contributed by atoms with Crippen LogP contribution in [-0.4, -0.2) is 22.4 Å². The summed E-state index contributed by atoms with van der Waals surface area (Å²) in [6.45, 7) is 5.13. The minimum atomic E-state index is -0.254. The van der Waals surface area contributed by atoms with Crippen LogP contribution in [0.15, 0.2) is 36.7 Å². The lowest BCUT2D eigenvalue weighted by atomic mass is 10.1. The van der Waals surface area contributed by atoms with E-state index in [1.165, 1.54) is 12.4 Å². The maximum absolute atomic E-state index is 12.1. The van der Waals surface area contributed by atoms with Crippen molar-refractivity contribution in [2.45, 2.75) is 20.3 Å². The second kappa shape index (κ2) is 7.75. The van der Waals surface area contributed by atoms with Gasteiger partial charge in [-0.3, -0.25) is 4.79 Å². The Balaban J connectivity index is 1.91. The Labute approximate surface area is 135 Å². The summed E-state index contributed by atoms with van der Waals surface area (Å²) in [4.78, 5) is 20.4. The van der Waals surface area contributed by atoms with E-state index in [1.54, 1.807) is 24.3 Å². The highest BCUT2D eigenvalue weighted by atomic mass is 35.5. The van der Waals surface area contributed by atoms with Gasteiger partial charge in [0.05, 0.1) is 5.56 Å². The molecule has 0 radical (unpaired) electrons. The van der Waals surface area contributed by atoms with Gasteiger partial charge < -0.3 is 10.6 Å². The Morgan fingerprint density at radius 3 is 2.41 bits per heavy atom. The van der Waals surface area contributed by atoms with Gasteiger partial charge in [-0.25, -0.2) is 9.97 Å². The van der Waals surface area contributed by atoms with E-state index >= 15 is 0 Å². The molecule has 0 unspecified atom stereocenters. The van der Waals surface area contributed by atoms with E-state index in [0.717, 1.165) is 13.0 Å². The van der Waals surface area contributed by atoms with Crippen molar-refractivity contribution in [1.29, 1.82) is 0 Å². The maximum atomic E-state index is 12.1. The highest BCUT2D eigenvalue weighted by Gasteiger charge is 2.07. The third-order valence-electron chi connectivity index (χ3n) is 3.02. The standard InChI is InChI=1S/C16H19ClN4O/c1-11(2)7-8-18-16-19-9-12(10-20-16)15(22)21-14-5-3-13(17)4-6-14/h3-6,9-11H,7-8H2,1-2H3,(H,21,22)(H,18,19,20). The number of hydrogen-bond acceptors (Lipinski definition) is 4. The Morgan fingerprint density at radius 2 is 1.82 bits per heavy atom. The van der Waals surface area contributed by atoms with Gasteiger partial charge in [0.25, 0.3) is 5.91 Å². The van der Waals surface area contributed by atoms with E-state index < -0.39 is 0 Å². The fraction of sp³-hybridized carbons (Fsp3) is 0.312. The van der Waals surface area contributed by atoms with Crippen molar-refractivity contribution < 1.29 is 4.79 Å². The van der Waals surface area contributed by atoms with Crippen LogP contribution in [0.25, 0.3) is 0 Å². The monoisotopic (exact) mass is 318 g/mol. The van der Waals surface area contributed by atoms with Crippen molar-refractivity contribution in [3.8, 4) is 0 Å². The quantitative estimate of drug-likeness (QED) is 0.849. The summed E-state index contributed by atoms with van der Waals surface area (Å²) >= 11 is 5.80. The van der Waals surface area contributed by atoms with E-state index in [9.17, 15) is 4.79 Å². The summed E-state index contributed by atoms with van der Waals surface area (Å²) in [6, 6.07) is 6.91. The van der Waals surface area contributed by atoms with Crippen LogP contribution in [0.4, 0.5) is 11.6 Å². The first kappa shape index (κ1) is 16.2. The zero-order chi connectivity index (χ0) is 15.9. The number of aromatic nitrogens is 2. The second-order valence-electron chi connectivity index (χ2n) is 5.37. The van der Waals surface area contributed by atoms with E-state index in [4.69, 9.17) is 11.6 Å². The Morgan fingerprint density at radius 1 is 1.18 bits per heavy atom. The molecule has 0 saturated heterocycles. The van der Waals surface area contributed by atoms with Crippen LogP contribution in [0.5, 0.6) is 0 Å². The second-order valence-corrected chi connectivity index (χ2v) is 5.80. The van der Waals surface area contributed by atoms with Gasteiger partial charge in [0.2, 0.25) is 5.95 Å². The molecular weight excluding hydrogens is 300 g/mol. The summed E-state index contributed by atoms with van der Waals surface area (Å²) in [5, 5.41) is 6.52. The Bertz CT molecular complexity index is 611. The van der Waals surface area contributed by atoms with Gasteiger partial charge in [-0.2, -0.15) is 0 Å². The number of hydrogen-bond donors (Lipinski definition) is 2. The number of carbonyl (C=O) groups excluding carboxylic acids is 1. The van der Waals surface area contributed by atoms with Crippen LogP contribution in [0.3, 0.4) is 0 Å². The van der Waals surface area contributed by atoms with Crippen LogP contribution < -0.4 is 10.6 Å². The first-order chi connectivity index (χ1) is 10.5. The molecule has 0 aliphatic carbocycles. The molecule has 0 spiro atoms. The molecule has 5 nitrogen and oxygen atoms in total. The molecule has 0 bridgehead atoms. The summed E-state index contributed by atoms with van der Waals surface area (Å²) in [7, 11) is 0. The van der Waals surface area contributed by atoms with Gasteiger partial charge >= 0.3 is 0 Å². The largest absolute Gasteiger partial charge is 0.354 e. The number of nitrogens with zero attached hydrogens (tertiary/aromatic N) is 2. The van der Waals surface area contributed by atoms with Crippen LogP contribution >= 0.6 is 11.6 Å². The van der Waals surface area contributed by atoms with Crippen molar-refractivity contribution in [3.05, 3.63) is 47.2 Å². The highest BCUT2D eigenvalue weighted by molar-refractivity contribution is 6.30. The molecule has 116 valence electrons. The molecular formula is C16H19ClN4O. The van der Waals surface area contributed by atoms with Gasteiger partial charge in [-0.15, -0.1) is 0 Å². The van der Waals surface area contributed by atoms with Crippen LogP contribution in [0.1, 0.15) is 30.6 Å². The number of rotatable bonds is 6. The SMILES string of the molecule is CC(C)CCNc1ncc(C(=O)Nc2ccc(Cl)cc2)cn1. The van der Waals surface area contributed by atoms with Crippen molar-refractivity contribution in [3.63, 3.8) is 0 Å². The lowest BCUT2D eigenvalue weighted by molar-refractivity contribution is 0.102. The molecule has 0 fully saturated rings. The Hall–Kier alpha value is -2.14. The van der Waals surface area contributed by atoms with Crippen LogP contribution in [-0.2, 0) is 0 Å². The average Bonchev–Trinajstić information content (AvgIpc) is 2.50. The molecule has 0 aliphatic rings. The summed E-state index contributed by atoms with van der Waals surface area (Å²) in [6.07, 6.45) is 4.06. The molecule has 2 N–H and O–H groups in total. The number of benzene rings is 1. The third-order valence-corrected chi connectivity index (χ3v) is 3.27. The number of amides is 1. The average molecular weight is 319 g/mol. The third kappa shape index (κ3) is 5.00. The molecule has 0 atom stereocenters. The van der Waals surface area contributed by atoms with Crippen molar-refractivity contribution in [2.24, 2.45) is 5.92 Å². The number of anilines is 2. The topological polar surface area (TPSA) is 66.9 Å². The molecule has 1 heterocycles. The van der Waals surface area contributed by atoms with Crippen LogP contribution in [0, 0.1) is 5.92 Å². The number of halogens is 1. The first-order valence-electron chi connectivity index (χ1n) is 7.17. The van der Waals surface area contributed by atoms with Gasteiger partial charge in [0, 0.05) is 29.6 Å². The summed E-state index contributed by atoms with van der Waals surface area (Å²) < 4.78 is 0. The summed E-state index contributed by atoms with van der Waals surface area (Å²) in [5.41, 5.74) is 1.08. The van der Waals surface area contributed by atoms with Gasteiger partial charge in [-0.1, -0.05) is 25.4 Å². The molecule has 6 heteroatoms. The maximum Gasteiger partial charge on any atom is 0.258 e. The number of nitrogens with one attached hydrogen (secondary N) is 2. The molecule has 1 amide bonds. The minimum absolute atomic E-state index is 0.254. The number of carbonyl (C=O) groups is 1. The normalized spacial score (nSPS) is 10.5. The molecule has 1 aromatic heterocycles. The highest BCUT2D eigenvalue weighted by Crippen LogP contribution is 2.14. The Kier molecular flexibility index (Phi) is 5.72. The molecule has 1 aromatic carbocycles. The molecule has 2 aromatic rings. The van der Waals surface area contributed by atoms with Crippen molar-refractivity contribution >= 4 is 29.1 Å². The van der Waals surface area contributed by atoms with E-state index in [0.29, 0.717) is 28.1 Å². The first-order valence-corrected chi connectivity index (χ1v) is 7.55. The van der Waals surface area contributed by atoms with Gasteiger partial charge in [0.1, 0.15) is 0 Å². The predicted octanol–water partition coefficient (Wildman–Crippen LogP) is 3.84. The van der Waals surface area contributed by atoms with Gasteiger partial charge in [-0.05, 0) is 36.6 Å². The minimum Gasteiger partial charge on any atom is -0.354 e.